The monoisotopic (exact) mass is 354 g/mol. The molecule has 0 saturated heterocycles. The van der Waals surface area contributed by atoms with E-state index in [1.165, 1.54) is 16.4 Å². The average molecular weight is 355 g/mol. The number of nitrogens with zero attached hydrogens (tertiary/aromatic N) is 4. The molecule has 0 saturated carbocycles. The van der Waals surface area contributed by atoms with E-state index in [1.807, 2.05) is 0 Å². The fourth-order valence-electron chi connectivity index (χ4n) is 1.75. The normalized spacial score (nSPS) is 12.0. The Hall–Kier alpha value is -2.16. The van der Waals surface area contributed by atoms with Crippen LogP contribution in [0.3, 0.4) is 0 Å². The van der Waals surface area contributed by atoms with Gasteiger partial charge in [0.1, 0.15) is 6.04 Å². The third-order valence-corrected chi connectivity index (χ3v) is 3.28. The van der Waals surface area contributed by atoms with Crippen LogP contribution in [0.4, 0.5) is 5.69 Å². The van der Waals surface area contributed by atoms with E-state index in [9.17, 15) is 9.59 Å². The Morgan fingerprint density at radius 3 is 2.67 bits per heavy atom. The Morgan fingerprint density at radius 1 is 1.38 bits per heavy atom. The molecule has 9 heteroatoms. The lowest BCUT2D eigenvalue weighted by atomic mass is 10.3. The first-order valence-corrected chi connectivity index (χ1v) is 6.98. The van der Waals surface area contributed by atoms with Crippen LogP contribution in [0.1, 0.15) is 23.5 Å². The highest BCUT2D eigenvalue weighted by molar-refractivity contribution is 9.10. The van der Waals surface area contributed by atoms with Crippen molar-refractivity contribution >= 4 is 33.4 Å². The van der Waals surface area contributed by atoms with Crippen molar-refractivity contribution in [3.8, 4) is 0 Å². The Bertz CT molecular complexity index is 677. The molecular formula is C12H15BrN6O2. The van der Waals surface area contributed by atoms with E-state index in [0.717, 1.165) is 4.47 Å². The fraction of sp³-hybridized carbons (Fsp3) is 0.333. The highest BCUT2D eigenvalue weighted by atomic mass is 79.9. The van der Waals surface area contributed by atoms with E-state index in [-0.39, 0.29) is 17.5 Å². The molecule has 2 aromatic heterocycles. The van der Waals surface area contributed by atoms with Crippen LogP contribution < -0.4 is 10.6 Å². The lowest BCUT2D eigenvalue weighted by Crippen LogP contribution is -2.26. The molecule has 0 radical (unpaired) electrons. The first-order chi connectivity index (χ1) is 9.92. The van der Waals surface area contributed by atoms with Crippen molar-refractivity contribution in [1.82, 2.24) is 24.9 Å². The zero-order valence-electron chi connectivity index (χ0n) is 11.8. The highest BCUT2D eigenvalue weighted by Crippen LogP contribution is 2.17. The molecule has 0 fully saturated rings. The van der Waals surface area contributed by atoms with Crippen molar-refractivity contribution in [3.05, 3.63) is 28.8 Å². The van der Waals surface area contributed by atoms with Crippen molar-refractivity contribution < 1.29 is 9.59 Å². The molecule has 0 bridgehead atoms. The summed E-state index contributed by atoms with van der Waals surface area (Å²) in [6.45, 7) is 1.71. The van der Waals surface area contributed by atoms with Crippen LogP contribution in [-0.4, -0.2) is 38.4 Å². The van der Waals surface area contributed by atoms with E-state index in [4.69, 9.17) is 0 Å². The number of amides is 2. The number of hydrogen-bond donors (Lipinski definition) is 2. The highest BCUT2D eigenvalue weighted by Gasteiger charge is 2.21. The van der Waals surface area contributed by atoms with Gasteiger partial charge in [-0.2, -0.15) is 10.2 Å². The summed E-state index contributed by atoms with van der Waals surface area (Å²) in [5.74, 6) is -0.649. The second-order valence-corrected chi connectivity index (χ2v) is 5.36. The van der Waals surface area contributed by atoms with Crippen LogP contribution in [0, 0.1) is 0 Å². The van der Waals surface area contributed by atoms with Crippen molar-refractivity contribution in [3.63, 3.8) is 0 Å². The first-order valence-electron chi connectivity index (χ1n) is 6.18. The number of halogens is 1. The number of carbonyl (C=O) groups excluding carboxylic acids is 2. The zero-order valence-corrected chi connectivity index (χ0v) is 13.4. The third kappa shape index (κ3) is 3.30. The van der Waals surface area contributed by atoms with Crippen LogP contribution in [0.15, 0.2) is 23.1 Å². The number of aromatic nitrogens is 4. The van der Waals surface area contributed by atoms with E-state index in [1.54, 1.807) is 32.6 Å². The average Bonchev–Trinajstić information content (AvgIpc) is 3.03. The molecule has 21 heavy (non-hydrogen) atoms. The number of nitrogens with one attached hydrogen (secondary N) is 2. The number of hydrogen-bond acceptors (Lipinski definition) is 4. The van der Waals surface area contributed by atoms with Crippen molar-refractivity contribution in [1.29, 1.82) is 0 Å². The summed E-state index contributed by atoms with van der Waals surface area (Å²) in [4.78, 5) is 23.9. The minimum absolute atomic E-state index is 0.169. The van der Waals surface area contributed by atoms with E-state index >= 15 is 0 Å². The molecular weight excluding hydrogens is 340 g/mol. The van der Waals surface area contributed by atoms with Crippen molar-refractivity contribution in [2.75, 3.05) is 12.4 Å². The first kappa shape index (κ1) is 15.2. The lowest BCUT2D eigenvalue weighted by Gasteiger charge is -2.12. The summed E-state index contributed by atoms with van der Waals surface area (Å²) >= 11 is 3.28. The summed E-state index contributed by atoms with van der Waals surface area (Å²) in [7, 11) is 3.18. The number of carbonyl (C=O) groups is 2. The Kier molecular flexibility index (Phi) is 4.41. The number of rotatable bonds is 4. The summed E-state index contributed by atoms with van der Waals surface area (Å²) in [6.07, 6.45) is 4.88. The molecule has 2 N–H and O–H groups in total. The predicted molar refractivity (Wildman–Crippen MR) is 79.9 cm³/mol. The molecule has 1 unspecified atom stereocenters. The SMILES string of the molecule is CNC(=O)c1nn(C)cc1NC(=O)C(C)n1cc(Br)cn1. The minimum Gasteiger partial charge on any atom is -0.354 e. The van der Waals surface area contributed by atoms with Crippen molar-refractivity contribution in [2.24, 2.45) is 7.05 Å². The van der Waals surface area contributed by atoms with Crippen LogP contribution >= 0.6 is 15.9 Å². The second-order valence-electron chi connectivity index (χ2n) is 4.45. The summed E-state index contributed by atoms with van der Waals surface area (Å²) in [6, 6.07) is -0.519. The molecule has 0 spiro atoms. The van der Waals surface area contributed by atoms with Crippen LogP contribution in [0.2, 0.25) is 0 Å². The molecule has 2 rings (SSSR count). The number of aryl methyl sites for hydroxylation is 1. The number of anilines is 1. The lowest BCUT2D eigenvalue weighted by molar-refractivity contribution is -0.119. The fourth-order valence-corrected chi connectivity index (χ4v) is 2.05. The van der Waals surface area contributed by atoms with Gasteiger partial charge < -0.3 is 10.6 Å². The molecule has 112 valence electrons. The summed E-state index contributed by atoms with van der Waals surface area (Å²) in [5, 5.41) is 13.3. The minimum atomic E-state index is -0.519. The summed E-state index contributed by atoms with van der Waals surface area (Å²) in [5.41, 5.74) is 0.530. The van der Waals surface area contributed by atoms with Crippen molar-refractivity contribution in [2.45, 2.75) is 13.0 Å². The van der Waals surface area contributed by atoms with E-state index < -0.39 is 6.04 Å². The van der Waals surface area contributed by atoms with Gasteiger partial charge in [0.2, 0.25) is 5.91 Å². The summed E-state index contributed by atoms with van der Waals surface area (Å²) < 4.78 is 3.78. The van der Waals surface area contributed by atoms with Gasteiger partial charge in [-0.3, -0.25) is 19.0 Å². The van der Waals surface area contributed by atoms with Gasteiger partial charge in [0.05, 0.1) is 16.4 Å². The van der Waals surface area contributed by atoms with Gasteiger partial charge in [0, 0.05) is 26.5 Å². The zero-order chi connectivity index (χ0) is 15.6. The van der Waals surface area contributed by atoms with Gasteiger partial charge >= 0.3 is 0 Å². The van der Waals surface area contributed by atoms with Gasteiger partial charge in [-0.05, 0) is 22.9 Å². The molecule has 2 aromatic rings. The maximum Gasteiger partial charge on any atom is 0.273 e. The molecule has 0 aliphatic rings. The molecule has 0 aliphatic carbocycles. The predicted octanol–water partition coefficient (Wildman–Crippen LogP) is 0.938. The quantitative estimate of drug-likeness (QED) is 0.854. The van der Waals surface area contributed by atoms with Gasteiger partial charge in [-0.15, -0.1) is 0 Å². The molecule has 8 nitrogen and oxygen atoms in total. The Balaban J connectivity index is 2.18. The molecule has 0 aromatic carbocycles. The van der Waals surface area contributed by atoms with Gasteiger partial charge in [-0.25, -0.2) is 0 Å². The molecule has 2 heterocycles. The smallest absolute Gasteiger partial charge is 0.273 e. The van der Waals surface area contributed by atoms with E-state index in [2.05, 4.69) is 36.8 Å². The molecule has 0 aliphatic heterocycles. The Labute approximate surface area is 129 Å². The van der Waals surface area contributed by atoms with Crippen LogP contribution in [-0.2, 0) is 11.8 Å². The van der Waals surface area contributed by atoms with Crippen LogP contribution in [0.25, 0.3) is 0 Å². The maximum atomic E-state index is 12.2. The van der Waals surface area contributed by atoms with E-state index in [0.29, 0.717) is 5.69 Å². The van der Waals surface area contributed by atoms with Gasteiger partial charge in [0.25, 0.3) is 5.91 Å². The second kappa shape index (κ2) is 6.08. The molecule has 1 atom stereocenters. The van der Waals surface area contributed by atoms with Gasteiger partial charge in [-0.1, -0.05) is 0 Å². The van der Waals surface area contributed by atoms with Gasteiger partial charge in [0.15, 0.2) is 5.69 Å². The standard InChI is InChI=1S/C12H15BrN6O2/c1-7(19-5-8(13)4-15-19)11(20)16-9-6-18(3)17-10(9)12(21)14-2/h4-7H,1-3H3,(H,14,21)(H,16,20). The third-order valence-electron chi connectivity index (χ3n) is 2.88. The maximum absolute atomic E-state index is 12.2. The largest absolute Gasteiger partial charge is 0.354 e. The molecule has 2 amide bonds. The van der Waals surface area contributed by atoms with Crippen LogP contribution in [0.5, 0.6) is 0 Å². The Morgan fingerprint density at radius 2 is 2.10 bits per heavy atom. The topological polar surface area (TPSA) is 93.8 Å².